The second kappa shape index (κ2) is 5.91. The van der Waals surface area contributed by atoms with Crippen molar-refractivity contribution in [1.29, 1.82) is 0 Å². The minimum absolute atomic E-state index is 0.409. The quantitative estimate of drug-likeness (QED) is 0.815. The summed E-state index contributed by atoms with van der Waals surface area (Å²) in [6.07, 6.45) is 8.91. The van der Waals surface area contributed by atoms with Crippen LogP contribution in [0.15, 0.2) is 12.3 Å². The minimum Gasteiger partial charge on any atom is -0.397 e. The van der Waals surface area contributed by atoms with Crippen LogP contribution in [-0.4, -0.2) is 24.0 Å². The number of aromatic nitrogens is 1. The molecule has 1 aromatic heterocycles. The Balaban J connectivity index is 2.26. The van der Waals surface area contributed by atoms with Gasteiger partial charge in [0.2, 0.25) is 0 Å². The van der Waals surface area contributed by atoms with E-state index in [0.29, 0.717) is 23.1 Å². The highest BCUT2D eigenvalue weighted by atomic mass is 16.1. The highest BCUT2D eigenvalue weighted by molar-refractivity contribution is 5.98. The summed E-state index contributed by atoms with van der Waals surface area (Å²) in [4.78, 5) is 17.9. The molecule has 0 bridgehead atoms. The van der Waals surface area contributed by atoms with E-state index in [-0.39, 0.29) is 0 Å². The van der Waals surface area contributed by atoms with Crippen LogP contribution >= 0.6 is 0 Å². The molecule has 1 aromatic rings. The lowest BCUT2D eigenvalue weighted by Gasteiger charge is -2.29. The lowest BCUT2D eigenvalue weighted by Crippen LogP contribution is -2.33. The van der Waals surface area contributed by atoms with Gasteiger partial charge in [0.05, 0.1) is 17.4 Å². The molecule has 0 saturated heterocycles. The van der Waals surface area contributed by atoms with Crippen molar-refractivity contribution < 1.29 is 4.79 Å². The number of hydrogen-bond donors (Lipinski definition) is 2. The van der Waals surface area contributed by atoms with Crippen LogP contribution in [0.25, 0.3) is 0 Å². The molecular formula is C14H22N4O. The second-order valence-electron chi connectivity index (χ2n) is 5.26. The Hall–Kier alpha value is -1.78. The summed E-state index contributed by atoms with van der Waals surface area (Å²) in [5.74, 6) is 0.170. The molecule has 19 heavy (non-hydrogen) atoms. The fraction of sp³-hybridized carbons (Fsp3) is 0.571. The first-order valence-electron chi connectivity index (χ1n) is 6.87. The Morgan fingerprint density at radius 3 is 2.53 bits per heavy atom. The van der Waals surface area contributed by atoms with Crippen molar-refractivity contribution >= 4 is 17.4 Å². The number of amides is 1. The molecule has 1 heterocycles. The SMILES string of the molecule is CN(c1ncc(N)cc1C(N)=O)C1CCCCCC1. The summed E-state index contributed by atoms with van der Waals surface area (Å²) in [7, 11) is 1.99. The molecule has 1 aliphatic rings. The molecule has 0 radical (unpaired) electrons. The van der Waals surface area contributed by atoms with E-state index in [9.17, 15) is 4.79 Å². The maximum Gasteiger partial charge on any atom is 0.252 e. The number of nitrogens with two attached hydrogens (primary N) is 2. The molecule has 1 saturated carbocycles. The van der Waals surface area contributed by atoms with Crippen LogP contribution in [-0.2, 0) is 0 Å². The van der Waals surface area contributed by atoms with Gasteiger partial charge in [-0.2, -0.15) is 0 Å². The molecule has 0 aliphatic heterocycles. The molecule has 0 spiro atoms. The predicted molar refractivity (Wildman–Crippen MR) is 77.1 cm³/mol. The Bertz CT molecular complexity index is 453. The zero-order valence-electron chi connectivity index (χ0n) is 11.4. The number of carbonyl (C=O) groups excluding carboxylic acids is 1. The average Bonchev–Trinajstić information content (AvgIpc) is 2.66. The number of nitrogen functional groups attached to an aromatic ring is 1. The lowest BCUT2D eigenvalue weighted by atomic mass is 10.1. The molecule has 1 amide bonds. The van der Waals surface area contributed by atoms with Crippen LogP contribution in [0.4, 0.5) is 11.5 Å². The van der Waals surface area contributed by atoms with E-state index in [2.05, 4.69) is 9.88 Å². The standard InChI is InChI=1S/C14H22N4O/c1-18(11-6-4-2-3-5-7-11)14-12(13(16)19)8-10(15)9-17-14/h8-9,11H,2-7,15H2,1H3,(H2,16,19). The number of hydrogen-bond acceptors (Lipinski definition) is 4. The van der Waals surface area contributed by atoms with Crippen molar-refractivity contribution in [2.75, 3.05) is 17.7 Å². The second-order valence-corrected chi connectivity index (χ2v) is 5.26. The first-order chi connectivity index (χ1) is 9.09. The summed E-state index contributed by atoms with van der Waals surface area (Å²) >= 11 is 0. The molecule has 2 rings (SSSR count). The molecule has 1 fully saturated rings. The van der Waals surface area contributed by atoms with Gasteiger partial charge in [-0.15, -0.1) is 0 Å². The third kappa shape index (κ3) is 3.16. The smallest absolute Gasteiger partial charge is 0.252 e. The van der Waals surface area contributed by atoms with Gasteiger partial charge in [0.15, 0.2) is 0 Å². The van der Waals surface area contributed by atoms with Gasteiger partial charge in [-0.1, -0.05) is 25.7 Å². The van der Waals surface area contributed by atoms with Gasteiger partial charge >= 0.3 is 0 Å². The number of anilines is 2. The number of pyridine rings is 1. The van der Waals surface area contributed by atoms with Gasteiger partial charge in [0, 0.05) is 13.1 Å². The number of carbonyl (C=O) groups is 1. The zero-order chi connectivity index (χ0) is 13.8. The molecule has 0 atom stereocenters. The van der Waals surface area contributed by atoms with E-state index in [1.54, 1.807) is 12.3 Å². The first kappa shape index (κ1) is 13.6. The highest BCUT2D eigenvalue weighted by Crippen LogP contribution is 2.27. The largest absolute Gasteiger partial charge is 0.397 e. The zero-order valence-corrected chi connectivity index (χ0v) is 11.4. The number of primary amides is 1. The maximum atomic E-state index is 11.5. The predicted octanol–water partition coefficient (Wildman–Crippen LogP) is 1.92. The molecule has 104 valence electrons. The van der Waals surface area contributed by atoms with E-state index in [1.807, 2.05) is 7.05 Å². The van der Waals surface area contributed by atoms with Gasteiger partial charge in [-0.25, -0.2) is 4.98 Å². The topological polar surface area (TPSA) is 85.2 Å². The third-order valence-corrected chi connectivity index (χ3v) is 3.86. The highest BCUT2D eigenvalue weighted by Gasteiger charge is 2.22. The van der Waals surface area contributed by atoms with Crippen molar-refractivity contribution in [1.82, 2.24) is 4.98 Å². The van der Waals surface area contributed by atoms with Crippen LogP contribution in [0.5, 0.6) is 0 Å². The Labute approximate surface area is 114 Å². The van der Waals surface area contributed by atoms with Gasteiger partial charge in [-0.3, -0.25) is 4.79 Å². The van der Waals surface area contributed by atoms with E-state index >= 15 is 0 Å². The van der Waals surface area contributed by atoms with Crippen molar-refractivity contribution in [3.05, 3.63) is 17.8 Å². The third-order valence-electron chi connectivity index (χ3n) is 3.86. The molecular weight excluding hydrogens is 240 g/mol. The Morgan fingerprint density at radius 1 is 1.32 bits per heavy atom. The normalized spacial score (nSPS) is 16.9. The van der Waals surface area contributed by atoms with E-state index in [1.165, 1.54) is 25.7 Å². The summed E-state index contributed by atoms with van der Waals surface area (Å²) in [6, 6.07) is 2.04. The molecule has 1 aliphatic carbocycles. The number of nitrogens with zero attached hydrogens (tertiary/aromatic N) is 2. The first-order valence-corrected chi connectivity index (χ1v) is 6.87. The van der Waals surface area contributed by atoms with Crippen molar-refractivity contribution in [2.24, 2.45) is 5.73 Å². The fourth-order valence-electron chi connectivity index (χ4n) is 2.75. The summed E-state index contributed by atoms with van der Waals surface area (Å²) < 4.78 is 0. The van der Waals surface area contributed by atoms with E-state index in [4.69, 9.17) is 11.5 Å². The van der Waals surface area contributed by atoms with Gasteiger partial charge in [0.1, 0.15) is 5.82 Å². The molecule has 0 aromatic carbocycles. The van der Waals surface area contributed by atoms with Crippen LogP contribution in [0.2, 0.25) is 0 Å². The van der Waals surface area contributed by atoms with E-state index < -0.39 is 5.91 Å². The minimum atomic E-state index is -0.477. The van der Waals surface area contributed by atoms with Crippen molar-refractivity contribution in [3.63, 3.8) is 0 Å². The van der Waals surface area contributed by atoms with Gasteiger partial charge in [0.25, 0.3) is 5.91 Å². The average molecular weight is 262 g/mol. The van der Waals surface area contributed by atoms with Crippen LogP contribution in [0.1, 0.15) is 48.9 Å². The monoisotopic (exact) mass is 262 g/mol. The molecule has 5 nitrogen and oxygen atoms in total. The molecule has 5 heteroatoms. The van der Waals surface area contributed by atoms with Crippen LogP contribution in [0.3, 0.4) is 0 Å². The van der Waals surface area contributed by atoms with Gasteiger partial charge < -0.3 is 16.4 Å². The molecule has 0 unspecified atom stereocenters. The van der Waals surface area contributed by atoms with E-state index in [0.717, 1.165) is 12.8 Å². The van der Waals surface area contributed by atoms with Gasteiger partial charge in [-0.05, 0) is 18.9 Å². The maximum absolute atomic E-state index is 11.5. The summed E-state index contributed by atoms with van der Waals surface area (Å²) in [5, 5.41) is 0. The van der Waals surface area contributed by atoms with Crippen LogP contribution < -0.4 is 16.4 Å². The van der Waals surface area contributed by atoms with Crippen molar-refractivity contribution in [3.8, 4) is 0 Å². The number of rotatable bonds is 3. The lowest BCUT2D eigenvalue weighted by molar-refractivity contribution is 0.100. The Kier molecular flexibility index (Phi) is 4.24. The molecule has 4 N–H and O–H groups in total. The van der Waals surface area contributed by atoms with Crippen molar-refractivity contribution in [2.45, 2.75) is 44.6 Å². The summed E-state index contributed by atoms with van der Waals surface area (Å²) in [6.45, 7) is 0. The Morgan fingerprint density at radius 2 is 1.95 bits per heavy atom. The fourth-order valence-corrected chi connectivity index (χ4v) is 2.75. The van der Waals surface area contributed by atoms with Crippen LogP contribution in [0, 0.1) is 0 Å². The summed E-state index contributed by atoms with van der Waals surface area (Å²) in [5.41, 5.74) is 12.0.